The lowest BCUT2D eigenvalue weighted by Gasteiger charge is -2.27. The van der Waals surface area contributed by atoms with Crippen molar-refractivity contribution in [1.29, 1.82) is 0 Å². The van der Waals surface area contributed by atoms with E-state index in [1.54, 1.807) is 12.1 Å². The van der Waals surface area contributed by atoms with E-state index in [1.165, 1.54) is 6.07 Å². The molecule has 0 amide bonds. The summed E-state index contributed by atoms with van der Waals surface area (Å²) in [5.41, 5.74) is 1.48. The lowest BCUT2D eigenvalue weighted by atomic mass is 9.77. The Hall–Kier alpha value is -3.15. The van der Waals surface area contributed by atoms with Crippen LogP contribution in [0, 0.1) is 10.8 Å². The van der Waals surface area contributed by atoms with E-state index in [4.69, 9.17) is 14.2 Å². The molecule has 40 heavy (non-hydrogen) atoms. The summed E-state index contributed by atoms with van der Waals surface area (Å²) in [6.07, 6.45) is 1.18. The van der Waals surface area contributed by atoms with Crippen molar-refractivity contribution >= 4 is 17.9 Å². The average molecular weight is 551 g/mol. The standard InChI is InChI=1S/C34H46O6/c1-13-33(9,10)29(36)38-22-15-20(16-23(19-22)39-30(37)34(11,12)14-2)26-24-17-21(31(3,4)5)18-25(32(6,7)8)27(24)40-28(26)35/h15-19,26H,13-14H2,1-12H3. The van der Waals surface area contributed by atoms with Crippen molar-refractivity contribution in [3.05, 3.63) is 52.6 Å². The molecule has 3 rings (SSSR count). The lowest BCUT2D eigenvalue weighted by Crippen LogP contribution is -2.29. The molecule has 218 valence electrons. The fraction of sp³-hybridized carbons (Fsp3) is 0.559. The third-order valence-corrected chi connectivity index (χ3v) is 8.07. The minimum Gasteiger partial charge on any atom is -0.426 e. The van der Waals surface area contributed by atoms with Crippen LogP contribution in [-0.4, -0.2) is 17.9 Å². The first-order chi connectivity index (χ1) is 18.2. The maximum atomic E-state index is 13.5. The predicted octanol–water partition coefficient (Wildman–Crippen LogP) is 8.02. The van der Waals surface area contributed by atoms with Gasteiger partial charge in [-0.2, -0.15) is 0 Å². The Morgan fingerprint density at radius 1 is 0.725 bits per heavy atom. The highest BCUT2D eigenvalue weighted by molar-refractivity contribution is 5.91. The van der Waals surface area contributed by atoms with Crippen LogP contribution in [0.5, 0.6) is 17.2 Å². The van der Waals surface area contributed by atoms with Crippen LogP contribution in [0.4, 0.5) is 0 Å². The summed E-state index contributed by atoms with van der Waals surface area (Å²) >= 11 is 0. The molecule has 6 heteroatoms. The Morgan fingerprint density at radius 2 is 1.20 bits per heavy atom. The minimum absolute atomic E-state index is 0.166. The molecule has 1 aliphatic heterocycles. The van der Waals surface area contributed by atoms with E-state index < -0.39 is 34.7 Å². The second kappa shape index (κ2) is 10.7. The molecule has 2 aromatic rings. The summed E-state index contributed by atoms with van der Waals surface area (Å²) in [5, 5.41) is 0. The van der Waals surface area contributed by atoms with Gasteiger partial charge in [0, 0.05) is 17.2 Å². The van der Waals surface area contributed by atoms with Gasteiger partial charge in [-0.05, 0) is 74.6 Å². The summed E-state index contributed by atoms with van der Waals surface area (Å²) in [7, 11) is 0. The molecule has 0 aliphatic carbocycles. The summed E-state index contributed by atoms with van der Waals surface area (Å²) in [4.78, 5) is 39.5. The molecule has 0 aromatic heterocycles. The van der Waals surface area contributed by atoms with Crippen molar-refractivity contribution in [1.82, 2.24) is 0 Å². The monoisotopic (exact) mass is 550 g/mol. The van der Waals surface area contributed by atoms with Gasteiger partial charge in [-0.1, -0.05) is 67.5 Å². The van der Waals surface area contributed by atoms with Crippen LogP contribution < -0.4 is 14.2 Å². The second-order valence-corrected chi connectivity index (χ2v) is 14.3. The van der Waals surface area contributed by atoms with Crippen molar-refractivity contribution in [2.45, 2.75) is 113 Å². The third-order valence-electron chi connectivity index (χ3n) is 8.07. The van der Waals surface area contributed by atoms with Gasteiger partial charge in [0.05, 0.1) is 10.8 Å². The van der Waals surface area contributed by atoms with Gasteiger partial charge < -0.3 is 14.2 Å². The zero-order valence-electron chi connectivity index (χ0n) is 26.3. The predicted molar refractivity (Wildman–Crippen MR) is 157 cm³/mol. The number of benzene rings is 2. The Balaban J connectivity index is 2.22. The van der Waals surface area contributed by atoms with Crippen molar-refractivity contribution < 1.29 is 28.6 Å². The fourth-order valence-corrected chi connectivity index (χ4v) is 4.23. The zero-order chi connectivity index (χ0) is 30.4. The maximum Gasteiger partial charge on any atom is 0.323 e. The second-order valence-electron chi connectivity index (χ2n) is 14.3. The quantitative estimate of drug-likeness (QED) is 0.257. The molecule has 0 spiro atoms. The van der Waals surface area contributed by atoms with Crippen LogP contribution in [0.25, 0.3) is 0 Å². The van der Waals surface area contributed by atoms with Crippen molar-refractivity contribution in [3.63, 3.8) is 0 Å². The number of carbonyl (C=O) groups excluding carboxylic acids is 3. The number of fused-ring (bicyclic) bond motifs is 1. The first kappa shape index (κ1) is 31.4. The Bertz CT molecular complexity index is 1270. The SMILES string of the molecule is CCC(C)(C)C(=O)Oc1cc(OC(=O)C(C)(C)CC)cc(C2C(=O)Oc3c2cc(C(C)(C)C)cc3C(C)(C)C)c1. The van der Waals surface area contributed by atoms with Crippen LogP contribution in [0.15, 0.2) is 30.3 Å². The number of esters is 3. The molecule has 0 radical (unpaired) electrons. The van der Waals surface area contributed by atoms with E-state index in [1.807, 2.05) is 47.6 Å². The van der Waals surface area contributed by atoms with Crippen LogP contribution in [0.3, 0.4) is 0 Å². The lowest BCUT2D eigenvalue weighted by molar-refractivity contribution is -0.144. The van der Waals surface area contributed by atoms with Gasteiger partial charge in [-0.3, -0.25) is 14.4 Å². The molecule has 6 nitrogen and oxygen atoms in total. The molecular weight excluding hydrogens is 504 g/mol. The van der Waals surface area contributed by atoms with E-state index in [0.717, 1.165) is 16.7 Å². The summed E-state index contributed by atoms with van der Waals surface area (Å²) in [6, 6.07) is 9.04. The molecule has 0 saturated heterocycles. The third kappa shape index (κ3) is 6.42. The average Bonchev–Trinajstić information content (AvgIpc) is 3.17. The van der Waals surface area contributed by atoms with E-state index in [-0.39, 0.29) is 22.3 Å². The van der Waals surface area contributed by atoms with Crippen molar-refractivity contribution in [3.8, 4) is 17.2 Å². The van der Waals surface area contributed by atoms with Gasteiger partial charge in [0.1, 0.15) is 23.2 Å². The van der Waals surface area contributed by atoms with Gasteiger partial charge in [-0.15, -0.1) is 0 Å². The van der Waals surface area contributed by atoms with Crippen LogP contribution >= 0.6 is 0 Å². The molecule has 0 fully saturated rings. The van der Waals surface area contributed by atoms with E-state index in [2.05, 4.69) is 47.6 Å². The maximum absolute atomic E-state index is 13.5. The van der Waals surface area contributed by atoms with Crippen molar-refractivity contribution in [2.75, 3.05) is 0 Å². The number of hydrogen-bond donors (Lipinski definition) is 0. The highest BCUT2D eigenvalue weighted by atomic mass is 16.6. The molecule has 2 aromatic carbocycles. The summed E-state index contributed by atoms with van der Waals surface area (Å²) in [6.45, 7) is 23.8. The van der Waals surface area contributed by atoms with Gasteiger partial charge in [0.25, 0.3) is 0 Å². The molecule has 0 bridgehead atoms. The molecule has 1 atom stereocenters. The zero-order valence-corrected chi connectivity index (χ0v) is 26.3. The largest absolute Gasteiger partial charge is 0.426 e. The van der Waals surface area contributed by atoms with E-state index in [9.17, 15) is 14.4 Å². The summed E-state index contributed by atoms with van der Waals surface area (Å²) < 4.78 is 17.5. The highest BCUT2D eigenvalue weighted by Crippen LogP contribution is 2.48. The smallest absolute Gasteiger partial charge is 0.323 e. The number of rotatable bonds is 7. The molecule has 0 saturated carbocycles. The van der Waals surface area contributed by atoms with Gasteiger partial charge >= 0.3 is 17.9 Å². The fourth-order valence-electron chi connectivity index (χ4n) is 4.23. The van der Waals surface area contributed by atoms with Crippen LogP contribution in [0.1, 0.15) is 124 Å². The van der Waals surface area contributed by atoms with Gasteiger partial charge in [-0.25, -0.2) is 0 Å². The van der Waals surface area contributed by atoms with Gasteiger partial charge in [0.2, 0.25) is 0 Å². The Morgan fingerprint density at radius 3 is 1.60 bits per heavy atom. The van der Waals surface area contributed by atoms with E-state index in [0.29, 0.717) is 24.2 Å². The Kier molecular flexibility index (Phi) is 8.38. The van der Waals surface area contributed by atoms with Crippen LogP contribution in [-0.2, 0) is 25.2 Å². The molecule has 0 N–H and O–H groups in total. The first-order valence-electron chi connectivity index (χ1n) is 14.2. The normalized spacial score (nSPS) is 15.9. The van der Waals surface area contributed by atoms with Crippen molar-refractivity contribution in [2.24, 2.45) is 10.8 Å². The topological polar surface area (TPSA) is 78.9 Å². The van der Waals surface area contributed by atoms with Gasteiger partial charge in [0.15, 0.2) is 0 Å². The minimum atomic E-state index is -0.770. The van der Waals surface area contributed by atoms with Crippen LogP contribution in [0.2, 0.25) is 0 Å². The molecular formula is C34H46O6. The highest BCUT2D eigenvalue weighted by Gasteiger charge is 2.40. The molecule has 1 unspecified atom stereocenters. The molecule has 1 heterocycles. The summed E-state index contributed by atoms with van der Waals surface area (Å²) in [5.74, 6) is -1.01. The number of hydrogen-bond acceptors (Lipinski definition) is 6. The van der Waals surface area contributed by atoms with E-state index >= 15 is 0 Å². The number of ether oxygens (including phenoxy) is 3. The number of carbonyl (C=O) groups is 3. The molecule has 1 aliphatic rings. The Labute approximate surface area is 239 Å². The first-order valence-corrected chi connectivity index (χ1v) is 14.2.